The molecule has 0 fully saturated rings. The quantitative estimate of drug-likeness (QED) is 0.904. The molecule has 20 heavy (non-hydrogen) atoms. The van der Waals surface area contributed by atoms with Crippen molar-refractivity contribution >= 4 is 5.91 Å². The van der Waals surface area contributed by atoms with Crippen LogP contribution in [0.4, 0.5) is 0 Å². The molecule has 0 spiro atoms. The first kappa shape index (κ1) is 13.8. The molecule has 1 aromatic heterocycles. The maximum Gasteiger partial charge on any atom is 0.251 e. The summed E-state index contributed by atoms with van der Waals surface area (Å²) >= 11 is 0. The number of furan rings is 1. The summed E-state index contributed by atoms with van der Waals surface area (Å²) in [6.45, 7) is 0.291. The van der Waals surface area contributed by atoms with Gasteiger partial charge in [-0.15, -0.1) is 0 Å². The Kier molecular flexibility index (Phi) is 4.53. The van der Waals surface area contributed by atoms with Crippen molar-refractivity contribution in [2.45, 2.75) is 6.10 Å². The Morgan fingerprint density at radius 3 is 2.95 bits per heavy atom. The van der Waals surface area contributed by atoms with Gasteiger partial charge in [0.25, 0.3) is 5.91 Å². The number of rotatable bonds is 5. The molecular formula is C15H14N2O3. The topological polar surface area (TPSA) is 75.3 Å². The van der Waals surface area contributed by atoms with Crippen LogP contribution in [0.3, 0.4) is 0 Å². The molecule has 2 rings (SSSR count). The van der Waals surface area contributed by atoms with Crippen LogP contribution in [0.25, 0.3) is 0 Å². The first-order valence-electron chi connectivity index (χ1n) is 6.09. The van der Waals surface area contributed by atoms with E-state index in [0.717, 1.165) is 0 Å². The highest BCUT2D eigenvalue weighted by atomic mass is 16.5. The number of nitriles is 1. The van der Waals surface area contributed by atoms with E-state index in [1.807, 2.05) is 6.07 Å². The van der Waals surface area contributed by atoms with Crippen LogP contribution in [0, 0.1) is 11.3 Å². The zero-order chi connectivity index (χ0) is 14.4. The summed E-state index contributed by atoms with van der Waals surface area (Å²) in [7, 11) is 1.55. The van der Waals surface area contributed by atoms with Crippen molar-refractivity contribution in [3.8, 4) is 6.07 Å². The molecule has 1 N–H and O–H groups in total. The first-order valence-corrected chi connectivity index (χ1v) is 6.09. The average Bonchev–Trinajstić information content (AvgIpc) is 3.02. The molecule has 5 nitrogen and oxygen atoms in total. The minimum Gasteiger partial charge on any atom is -0.467 e. The lowest BCUT2D eigenvalue weighted by Gasteiger charge is -2.13. The van der Waals surface area contributed by atoms with Crippen LogP contribution in [-0.4, -0.2) is 19.6 Å². The lowest BCUT2D eigenvalue weighted by atomic mass is 10.1. The van der Waals surface area contributed by atoms with Gasteiger partial charge in [-0.1, -0.05) is 6.07 Å². The summed E-state index contributed by atoms with van der Waals surface area (Å²) < 4.78 is 10.5. The molecule has 2 aromatic rings. The maximum absolute atomic E-state index is 12.0. The Bertz CT molecular complexity index is 614. The number of hydrogen-bond acceptors (Lipinski definition) is 4. The van der Waals surface area contributed by atoms with Crippen molar-refractivity contribution in [3.05, 3.63) is 59.5 Å². The van der Waals surface area contributed by atoms with Gasteiger partial charge in [0.05, 0.1) is 24.4 Å². The highest BCUT2D eigenvalue weighted by molar-refractivity contribution is 5.94. The standard InChI is InChI=1S/C15H14N2O3/c1-19-14(13-6-3-7-20-13)10-17-15(18)12-5-2-4-11(8-12)9-16/h2-8,14H,10H2,1H3,(H,17,18)/t14-/m0/s1. The lowest BCUT2D eigenvalue weighted by molar-refractivity contribution is 0.0738. The number of nitrogens with zero attached hydrogens (tertiary/aromatic N) is 1. The maximum atomic E-state index is 12.0. The van der Waals surface area contributed by atoms with Crippen molar-refractivity contribution in [2.75, 3.05) is 13.7 Å². The summed E-state index contributed by atoms with van der Waals surface area (Å²) in [5.41, 5.74) is 0.894. The molecular weight excluding hydrogens is 256 g/mol. The third-order valence-electron chi connectivity index (χ3n) is 2.85. The van der Waals surface area contributed by atoms with E-state index in [1.165, 1.54) is 0 Å². The highest BCUT2D eigenvalue weighted by Gasteiger charge is 2.15. The van der Waals surface area contributed by atoms with Crippen LogP contribution < -0.4 is 5.32 Å². The second kappa shape index (κ2) is 6.55. The normalized spacial score (nSPS) is 11.6. The largest absolute Gasteiger partial charge is 0.467 e. The van der Waals surface area contributed by atoms with Gasteiger partial charge in [0.2, 0.25) is 0 Å². The first-order chi connectivity index (χ1) is 9.74. The van der Waals surface area contributed by atoms with Crippen molar-refractivity contribution in [3.63, 3.8) is 0 Å². The Morgan fingerprint density at radius 2 is 2.30 bits per heavy atom. The van der Waals surface area contributed by atoms with Gasteiger partial charge in [0.1, 0.15) is 11.9 Å². The summed E-state index contributed by atoms with van der Waals surface area (Å²) in [6, 6.07) is 12.1. The third-order valence-corrected chi connectivity index (χ3v) is 2.85. The van der Waals surface area contributed by atoms with E-state index in [-0.39, 0.29) is 12.0 Å². The predicted molar refractivity (Wildman–Crippen MR) is 71.9 cm³/mol. The van der Waals surface area contributed by atoms with E-state index >= 15 is 0 Å². The predicted octanol–water partition coefficient (Wildman–Crippen LogP) is 2.27. The second-order valence-electron chi connectivity index (χ2n) is 4.14. The van der Waals surface area contributed by atoms with Crippen LogP contribution in [0.2, 0.25) is 0 Å². The summed E-state index contributed by atoms with van der Waals surface area (Å²) in [6.07, 6.45) is 1.22. The molecule has 0 saturated heterocycles. The SMILES string of the molecule is CO[C@@H](CNC(=O)c1cccc(C#N)c1)c1ccco1. The van der Waals surface area contributed by atoms with Gasteiger partial charge < -0.3 is 14.5 Å². The molecule has 1 aromatic carbocycles. The smallest absolute Gasteiger partial charge is 0.251 e. The van der Waals surface area contributed by atoms with Crippen molar-refractivity contribution in [1.29, 1.82) is 5.26 Å². The minimum atomic E-state index is -0.340. The monoisotopic (exact) mass is 270 g/mol. The van der Waals surface area contributed by atoms with Crippen LogP contribution in [0.1, 0.15) is 27.8 Å². The van der Waals surface area contributed by atoms with Crippen molar-refractivity contribution in [2.24, 2.45) is 0 Å². The molecule has 0 aliphatic heterocycles. The highest BCUT2D eigenvalue weighted by Crippen LogP contribution is 2.16. The van der Waals surface area contributed by atoms with E-state index in [4.69, 9.17) is 14.4 Å². The number of methoxy groups -OCH3 is 1. The number of benzene rings is 1. The van der Waals surface area contributed by atoms with Gasteiger partial charge in [-0.25, -0.2) is 0 Å². The number of amides is 1. The molecule has 1 amide bonds. The Balaban J connectivity index is 1.99. The molecule has 1 heterocycles. The van der Waals surface area contributed by atoms with E-state index < -0.39 is 0 Å². The molecule has 0 radical (unpaired) electrons. The molecule has 102 valence electrons. The zero-order valence-corrected chi connectivity index (χ0v) is 11.0. The fourth-order valence-corrected chi connectivity index (χ4v) is 1.79. The Hall–Kier alpha value is -2.58. The molecule has 0 unspecified atom stereocenters. The number of carbonyl (C=O) groups excluding carboxylic acids is 1. The van der Waals surface area contributed by atoms with Gasteiger partial charge in [0.15, 0.2) is 0 Å². The van der Waals surface area contributed by atoms with Crippen LogP contribution in [-0.2, 0) is 4.74 Å². The molecule has 1 atom stereocenters. The van der Waals surface area contributed by atoms with Gasteiger partial charge >= 0.3 is 0 Å². The van der Waals surface area contributed by atoms with Gasteiger partial charge in [-0.05, 0) is 30.3 Å². The molecule has 0 aliphatic rings. The van der Waals surface area contributed by atoms with Gasteiger partial charge in [-0.2, -0.15) is 5.26 Å². The summed E-state index contributed by atoms with van der Waals surface area (Å²) in [4.78, 5) is 12.0. The summed E-state index contributed by atoms with van der Waals surface area (Å²) in [5, 5.41) is 11.6. The van der Waals surface area contributed by atoms with Crippen molar-refractivity contribution in [1.82, 2.24) is 5.32 Å². The van der Waals surface area contributed by atoms with E-state index in [0.29, 0.717) is 23.4 Å². The zero-order valence-electron chi connectivity index (χ0n) is 11.0. The summed E-state index contributed by atoms with van der Waals surface area (Å²) in [5.74, 6) is 0.397. The fraction of sp³-hybridized carbons (Fsp3) is 0.200. The number of hydrogen-bond donors (Lipinski definition) is 1. The van der Waals surface area contributed by atoms with Crippen molar-refractivity contribution < 1.29 is 13.9 Å². The van der Waals surface area contributed by atoms with E-state index in [2.05, 4.69) is 5.32 Å². The average molecular weight is 270 g/mol. The molecule has 5 heteroatoms. The number of nitrogens with one attached hydrogen (secondary N) is 1. The van der Waals surface area contributed by atoms with E-state index in [9.17, 15) is 4.79 Å². The Labute approximate surface area is 116 Å². The number of ether oxygens (including phenoxy) is 1. The van der Waals surface area contributed by atoms with Gasteiger partial charge in [0, 0.05) is 12.7 Å². The lowest BCUT2D eigenvalue weighted by Crippen LogP contribution is -2.29. The van der Waals surface area contributed by atoms with Crippen LogP contribution >= 0.6 is 0 Å². The molecule has 0 bridgehead atoms. The fourth-order valence-electron chi connectivity index (χ4n) is 1.79. The van der Waals surface area contributed by atoms with E-state index in [1.54, 1.807) is 49.8 Å². The second-order valence-corrected chi connectivity index (χ2v) is 4.14. The minimum absolute atomic E-state index is 0.254. The van der Waals surface area contributed by atoms with Gasteiger partial charge in [-0.3, -0.25) is 4.79 Å². The van der Waals surface area contributed by atoms with Crippen LogP contribution in [0.15, 0.2) is 47.1 Å². The molecule has 0 aliphatic carbocycles. The third kappa shape index (κ3) is 3.25. The Morgan fingerprint density at radius 1 is 1.45 bits per heavy atom. The van der Waals surface area contributed by atoms with Crippen LogP contribution in [0.5, 0.6) is 0 Å². The number of carbonyl (C=O) groups is 1. The molecule has 0 saturated carbocycles.